The number of ether oxygens (including phenoxy) is 1. The Balaban J connectivity index is 2.07. The Morgan fingerprint density at radius 1 is 1.32 bits per heavy atom. The van der Waals surface area contributed by atoms with Crippen LogP contribution in [0.25, 0.3) is 22.3 Å². The van der Waals surface area contributed by atoms with Crippen LogP contribution < -0.4 is 4.74 Å². The van der Waals surface area contributed by atoms with E-state index in [0.29, 0.717) is 27.9 Å². The minimum Gasteiger partial charge on any atom is -0.490 e. The number of halogens is 1. The van der Waals surface area contributed by atoms with Crippen molar-refractivity contribution in [2.45, 2.75) is 0 Å². The summed E-state index contributed by atoms with van der Waals surface area (Å²) in [4.78, 5) is 17.0. The number of carbonyl (C=O) groups is 1. The maximum Gasteiger partial charge on any atom is 0.268 e. The van der Waals surface area contributed by atoms with Crippen LogP contribution in [-0.2, 0) is 0 Å². The third kappa shape index (κ3) is 1.67. The number of nitrogens with zero attached hydrogens (tertiary/aromatic N) is 2. The number of benzene rings is 1. The average molecular weight is 298 g/mol. The van der Waals surface area contributed by atoms with Crippen LogP contribution in [0, 0.1) is 5.82 Å². The van der Waals surface area contributed by atoms with Gasteiger partial charge in [0.1, 0.15) is 29.4 Å². The first-order chi connectivity index (χ1) is 10.7. The minimum absolute atomic E-state index is 0.0181. The Morgan fingerprint density at radius 2 is 2.18 bits per heavy atom. The van der Waals surface area contributed by atoms with Crippen molar-refractivity contribution in [3.05, 3.63) is 47.9 Å². The van der Waals surface area contributed by atoms with Crippen molar-refractivity contribution in [3.63, 3.8) is 0 Å². The fourth-order valence-electron chi connectivity index (χ4n) is 2.76. The van der Waals surface area contributed by atoms with Crippen molar-refractivity contribution in [1.82, 2.24) is 9.55 Å². The van der Waals surface area contributed by atoms with Gasteiger partial charge in [0.05, 0.1) is 17.8 Å². The van der Waals surface area contributed by atoms with E-state index in [9.17, 15) is 9.18 Å². The van der Waals surface area contributed by atoms with E-state index in [0.717, 1.165) is 0 Å². The normalized spacial score (nSPS) is 12.5. The van der Waals surface area contributed by atoms with Crippen LogP contribution in [0.1, 0.15) is 10.4 Å². The molecule has 1 aromatic carbocycles. The predicted octanol–water partition coefficient (Wildman–Crippen LogP) is 2.22. The summed E-state index contributed by atoms with van der Waals surface area (Å²) in [5.74, 6) is -0.433. The molecule has 0 unspecified atom stereocenters. The van der Waals surface area contributed by atoms with Gasteiger partial charge in [0, 0.05) is 11.6 Å². The molecule has 0 saturated carbocycles. The van der Waals surface area contributed by atoms with Gasteiger partial charge in [0.15, 0.2) is 0 Å². The molecule has 6 heteroatoms. The van der Waals surface area contributed by atoms with E-state index < -0.39 is 5.82 Å². The second-order valence-electron chi connectivity index (χ2n) is 4.97. The number of rotatable bonds is 3. The summed E-state index contributed by atoms with van der Waals surface area (Å²) in [5.41, 5.74) is 2.04. The predicted molar refractivity (Wildman–Crippen MR) is 77.4 cm³/mol. The lowest BCUT2D eigenvalue weighted by atomic mass is 10.1. The monoisotopic (exact) mass is 298 g/mol. The van der Waals surface area contributed by atoms with Crippen LogP contribution in [0.15, 0.2) is 36.5 Å². The van der Waals surface area contributed by atoms with Crippen molar-refractivity contribution < 1.29 is 19.0 Å². The molecule has 5 nitrogen and oxygen atoms in total. The third-order valence-corrected chi connectivity index (χ3v) is 3.66. The highest BCUT2D eigenvalue weighted by Gasteiger charge is 2.32. The maximum atomic E-state index is 13.6. The number of aliphatic hydroxyl groups excluding tert-OH is 1. The Kier molecular flexibility index (Phi) is 2.74. The van der Waals surface area contributed by atoms with Gasteiger partial charge in [-0.25, -0.2) is 9.37 Å². The molecule has 0 amide bonds. The molecular weight excluding hydrogens is 287 g/mol. The number of aliphatic hydroxyl groups is 1. The van der Waals surface area contributed by atoms with Gasteiger partial charge in [-0.2, -0.15) is 0 Å². The summed E-state index contributed by atoms with van der Waals surface area (Å²) in [6.07, 6.45) is 1.65. The fraction of sp³-hybridized carbons (Fsp3) is 0.125. The molecule has 4 rings (SSSR count). The van der Waals surface area contributed by atoms with E-state index >= 15 is 0 Å². The van der Waals surface area contributed by atoms with E-state index in [1.165, 1.54) is 16.7 Å². The van der Waals surface area contributed by atoms with Gasteiger partial charge in [-0.15, -0.1) is 0 Å². The second-order valence-corrected chi connectivity index (χ2v) is 4.97. The first-order valence-electron chi connectivity index (χ1n) is 6.80. The first kappa shape index (κ1) is 13.0. The molecule has 110 valence electrons. The summed E-state index contributed by atoms with van der Waals surface area (Å²) in [6, 6.07) is 7.71. The smallest absolute Gasteiger partial charge is 0.268 e. The van der Waals surface area contributed by atoms with Crippen LogP contribution in [0.5, 0.6) is 5.75 Å². The number of pyridine rings is 1. The standard InChI is InChI=1S/C16H11FN2O3/c17-9-3-4-11-10(8-9)15(22-7-6-20)13-14(18-11)12-2-1-5-19(12)16(13)21/h1-5,8,20H,6-7H2. The van der Waals surface area contributed by atoms with Crippen LogP contribution >= 0.6 is 0 Å². The fourth-order valence-corrected chi connectivity index (χ4v) is 2.76. The van der Waals surface area contributed by atoms with E-state index in [-0.39, 0.29) is 24.9 Å². The van der Waals surface area contributed by atoms with Gasteiger partial charge in [-0.3, -0.25) is 9.36 Å². The average Bonchev–Trinajstić information content (AvgIpc) is 3.08. The Hall–Kier alpha value is -2.73. The van der Waals surface area contributed by atoms with Crippen molar-refractivity contribution in [1.29, 1.82) is 0 Å². The summed E-state index contributed by atoms with van der Waals surface area (Å²) >= 11 is 0. The Morgan fingerprint density at radius 3 is 3.00 bits per heavy atom. The van der Waals surface area contributed by atoms with E-state index in [1.807, 2.05) is 0 Å². The molecule has 3 aromatic rings. The van der Waals surface area contributed by atoms with Gasteiger partial charge in [-0.1, -0.05) is 0 Å². The molecular formula is C16H11FN2O3. The van der Waals surface area contributed by atoms with Crippen molar-refractivity contribution >= 4 is 16.8 Å². The molecule has 0 aliphatic carbocycles. The lowest BCUT2D eigenvalue weighted by Crippen LogP contribution is -2.10. The summed E-state index contributed by atoms with van der Waals surface area (Å²) in [5, 5.41) is 9.42. The van der Waals surface area contributed by atoms with Gasteiger partial charge in [0.25, 0.3) is 5.91 Å². The molecule has 1 aliphatic rings. The number of carbonyl (C=O) groups excluding carboxylic acids is 1. The highest BCUT2D eigenvalue weighted by molar-refractivity contribution is 6.13. The molecule has 0 saturated heterocycles. The highest BCUT2D eigenvalue weighted by Crippen LogP contribution is 2.40. The topological polar surface area (TPSA) is 64.3 Å². The molecule has 0 fully saturated rings. The molecule has 0 atom stereocenters. The van der Waals surface area contributed by atoms with Crippen molar-refractivity contribution in [2.75, 3.05) is 13.2 Å². The SMILES string of the molecule is O=C1c2c(nc3ccc(F)cc3c2OCCO)-c2cccn21. The van der Waals surface area contributed by atoms with Crippen LogP contribution in [0.2, 0.25) is 0 Å². The van der Waals surface area contributed by atoms with Crippen LogP contribution in [-0.4, -0.2) is 33.8 Å². The van der Waals surface area contributed by atoms with E-state index in [4.69, 9.17) is 9.84 Å². The molecule has 2 aromatic heterocycles. The summed E-state index contributed by atoms with van der Waals surface area (Å²) in [7, 11) is 0. The summed E-state index contributed by atoms with van der Waals surface area (Å²) < 4.78 is 20.6. The van der Waals surface area contributed by atoms with E-state index in [1.54, 1.807) is 24.4 Å². The number of hydrogen-bond donors (Lipinski definition) is 1. The van der Waals surface area contributed by atoms with Crippen LogP contribution in [0.4, 0.5) is 4.39 Å². The van der Waals surface area contributed by atoms with Gasteiger partial charge in [-0.05, 0) is 30.3 Å². The van der Waals surface area contributed by atoms with Crippen LogP contribution in [0.3, 0.4) is 0 Å². The summed E-state index contributed by atoms with van der Waals surface area (Å²) in [6.45, 7) is -0.182. The zero-order chi connectivity index (χ0) is 15.3. The number of hydrogen-bond acceptors (Lipinski definition) is 4. The quantitative estimate of drug-likeness (QED) is 0.630. The molecule has 1 aliphatic heterocycles. The van der Waals surface area contributed by atoms with Gasteiger partial charge in [0.2, 0.25) is 0 Å². The van der Waals surface area contributed by atoms with E-state index in [2.05, 4.69) is 4.98 Å². The molecule has 3 heterocycles. The number of fused-ring (bicyclic) bond motifs is 4. The zero-order valence-corrected chi connectivity index (χ0v) is 11.4. The molecule has 1 N–H and O–H groups in total. The minimum atomic E-state index is -0.437. The highest BCUT2D eigenvalue weighted by atomic mass is 19.1. The van der Waals surface area contributed by atoms with Crippen molar-refractivity contribution in [3.8, 4) is 17.1 Å². The molecule has 0 spiro atoms. The number of aromatic nitrogens is 2. The lowest BCUT2D eigenvalue weighted by Gasteiger charge is -2.12. The van der Waals surface area contributed by atoms with Crippen molar-refractivity contribution in [2.24, 2.45) is 0 Å². The molecule has 0 bridgehead atoms. The zero-order valence-electron chi connectivity index (χ0n) is 11.4. The Bertz CT molecular complexity index is 917. The molecule has 0 radical (unpaired) electrons. The third-order valence-electron chi connectivity index (χ3n) is 3.66. The first-order valence-corrected chi connectivity index (χ1v) is 6.80. The second kappa shape index (κ2) is 4.64. The Labute approximate surface area is 124 Å². The van der Waals surface area contributed by atoms with Gasteiger partial charge < -0.3 is 9.84 Å². The largest absolute Gasteiger partial charge is 0.490 e. The molecule has 22 heavy (non-hydrogen) atoms. The lowest BCUT2D eigenvalue weighted by molar-refractivity contribution is 0.0964. The maximum absolute atomic E-state index is 13.6. The van der Waals surface area contributed by atoms with Gasteiger partial charge >= 0.3 is 0 Å².